The molecule has 0 saturated carbocycles. The second-order valence-corrected chi connectivity index (χ2v) is 6.34. The van der Waals surface area contributed by atoms with Crippen molar-refractivity contribution in [2.75, 3.05) is 0 Å². The zero-order valence-electron chi connectivity index (χ0n) is 13.1. The van der Waals surface area contributed by atoms with Crippen LogP contribution < -0.4 is 4.74 Å². The first kappa shape index (κ1) is 14.3. The van der Waals surface area contributed by atoms with Crippen LogP contribution in [0.3, 0.4) is 0 Å². The third-order valence-corrected chi connectivity index (χ3v) is 4.94. The Morgan fingerprint density at radius 3 is 2.57 bits per heavy atom. The summed E-state index contributed by atoms with van der Waals surface area (Å²) in [4.78, 5) is 12.4. The highest BCUT2D eigenvalue weighted by Gasteiger charge is 2.33. The van der Waals surface area contributed by atoms with E-state index in [0.717, 1.165) is 12.8 Å². The molecule has 0 N–H and O–H groups in total. The molecular weight excluding hydrogens is 284 g/mol. The standard InChI is InChI=1S/C21H20O2/c22-21(23-15-8-2-1-3-9-15)14-20-18-12-6-4-10-16(18)17-11-5-7-13-19(17)20/h1-4,6,8-10,12,20H,5,7,11,13-14H2. The molecule has 2 aromatic carbocycles. The van der Waals surface area contributed by atoms with E-state index >= 15 is 0 Å². The lowest BCUT2D eigenvalue weighted by Crippen LogP contribution is -2.14. The second-order valence-electron chi connectivity index (χ2n) is 6.34. The van der Waals surface area contributed by atoms with Crippen molar-refractivity contribution < 1.29 is 9.53 Å². The SMILES string of the molecule is O=C(CC1C2=C(CCCC2)c2ccccc21)Oc1ccccc1. The van der Waals surface area contributed by atoms with Gasteiger partial charge in [0.05, 0.1) is 6.42 Å². The molecule has 0 fully saturated rings. The van der Waals surface area contributed by atoms with Crippen LogP contribution in [-0.4, -0.2) is 5.97 Å². The van der Waals surface area contributed by atoms with Gasteiger partial charge in [-0.1, -0.05) is 48.0 Å². The highest BCUT2D eigenvalue weighted by molar-refractivity contribution is 5.82. The van der Waals surface area contributed by atoms with Crippen LogP contribution in [0.2, 0.25) is 0 Å². The number of hydrogen-bond acceptors (Lipinski definition) is 2. The summed E-state index contributed by atoms with van der Waals surface area (Å²) in [6.45, 7) is 0. The molecule has 1 unspecified atom stereocenters. The average Bonchev–Trinajstić information content (AvgIpc) is 2.90. The fourth-order valence-electron chi connectivity index (χ4n) is 3.95. The second kappa shape index (κ2) is 6.04. The number of carbonyl (C=O) groups is 1. The largest absolute Gasteiger partial charge is 0.427 e. The lowest BCUT2D eigenvalue weighted by molar-refractivity contribution is -0.134. The van der Waals surface area contributed by atoms with Crippen LogP contribution in [0, 0.1) is 0 Å². The number of esters is 1. The first-order valence-corrected chi connectivity index (χ1v) is 8.40. The van der Waals surface area contributed by atoms with Gasteiger partial charge < -0.3 is 4.74 Å². The van der Waals surface area contributed by atoms with Crippen molar-refractivity contribution in [3.8, 4) is 5.75 Å². The van der Waals surface area contributed by atoms with E-state index in [4.69, 9.17) is 4.74 Å². The van der Waals surface area contributed by atoms with E-state index in [1.165, 1.54) is 35.1 Å². The predicted octanol–water partition coefficient (Wildman–Crippen LogP) is 5.11. The van der Waals surface area contributed by atoms with Gasteiger partial charge in [0.2, 0.25) is 0 Å². The molecule has 1 atom stereocenters. The Kier molecular flexibility index (Phi) is 3.74. The summed E-state index contributed by atoms with van der Waals surface area (Å²) in [7, 11) is 0. The van der Waals surface area contributed by atoms with Crippen molar-refractivity contribution in [1.29, 1.82) is 0 Å². The number of carbonyl (C=O) groups excluding carboxylic acids is 1. The topological polar surface area (TPSA) is 26.3 Å². The number of benzene rings is 2. The molecule has 4 rings (SSSR count). The van der Waals surface area contributed by atoms with E-state index in [0.29, 0.717) is 12.2 Å². The molecule has 23 heavy (non-hydrogen) atoms. The predicted molar refractivity (Wildman–Crippen MR) is 91.3 cm³/mol. The van der Waals surface area contributed by atoms with Gasteiger partial charge in [-0.05, 0) is 54.5 Å². The lowest BCUT2D eigenvalue weighted by atomic mass is 9.86. The summed E-state index contributed by atoms with van der Waals surface area (Å²) in [5.41, 5.74) is 5.64. The Labute approximate surface area is 136 Å². The minimum Gasteiger partial charge on any atom is -0.427 e. The molecule has 2 aliphatic rings. The summed E-state index contributed by atoms with van der Waals surface area (Å²) < 4.78 is 5.51. The van der Waals surface area contributed by atoms with E-state index in [2.05, 4.69) is 24.3 Å². The van der Waals surface area contributed by atoms with Gasteiger partial charge in [-0.3, -0.25) is 4.79 Å². The van der Waals surface area contributed by atoms with E-state index in [1.807, 2.05) is 30.3 Å². The first-order chi connectivity index (χ1) is 11.3. The maximum atomic E-state index is 12.4. The quantitative estimate of drug-likeness (QED) is 0.582. The van der Waals surface area contributed by atoms with Crippen molar-refractivity contribution in [2.24, 2.45) is 0 Å². The molecule has 0 amide bonds. The molecule has 0 saturated heterocycles. The highest BCUT2D eigenvalue weighted by Crippen LogP contribution is 2.49. The molecule has 0 bridgehead atoms. The Balaban J connectivity index is 1.58. The summed E-state index contributed by atoms with van der Waals surface area (Å²) >= 11 is 0. The molecule has 2 heteroatoms. The summed E-state index contributed by atoms with van der Waals surface area (Å²) in [6, 6.07) is 17.9. The van der Waals surface area contributed by atoms with Crippen molar-refractivity contribution in [3.05, 3.63) is 71.3 Å². The molecule has 2 nitrogen and oxygen atoms in total. The molecule has 0 radical (unpaired) electrons. The van der Waals surface area contributed by atoms with Crippen LogP contribution in [0.15, 0.2) is 60.2 Å². The fraction of sp³-hybridized carbons (Fsp3) is 0.286. The first-order valence-electron chi connectivity index (χ1n) is 8.40. The van der Waals surface area contributed by atoms with Crippen molar-refractivity contribution in [3.63, 3.8) is 0 Å². The Morgan fingerprint density at radius 2 is 1.70 bits per heavy atom. The van der Waals surface area contributed by atoms with E-state index < -0.39 is 0 Å². The number of para-hydroxylation sites is 1. The van der Waals surface area contributed by atoms with Gasteiger partial charge in [-0.15, -0.1) is 0 Å². The van der Waals surface area contributed by atoms with Crippen molar-refractivity contribution in [2.45, 2.75) is 38.0 Å². The fourth-order valence-corrected chi connectivity index (χ4v) is 3.95. The molecule has 0 spiro atoms. The van der Waals surface area contributed by atoms with Gasteiger partial charge in [0.25, 0.3) is 0 Å². The average molecular weight is 304 g/mol. The van der Waals surface area contributed by atoms with Gasteiger partial charge >= 0.3 is 5.97 Å². The van der Waals surface area contributed by atoms with E-state index in [1.54, 1.807) is 0 Å². The number of fused-ring (bicyclic) bond motifs is 2. The zero-order valence-corrected chi connectivity index (χ0v) is 13.1. The van der Waals surface area contributed by atoms with Gasteiger partial charge in [-0.25, -0.2) is 0 Å². The van der Waals surface area contributed by atoms with Gasteiger partial charge in [0, 0.05) is 5.92 Å². The third kappa shape index (κ3) is 2.70. The lowest BCUT2D eigenvalue weighted by Gasteiger charge is -2.19. The van der Waals surface area contributed by atoms with Crippen LogP contribution in [0.4, 0.5) is 0 Å². The Morgan fingerprint density at radius 1 is 0.957 bits per heavy atom. The van der Waals surface area contributed by atoms with Crippen molar-refractivity contribution in [1.82, 2.24) is 0 Å². The normalized spacial score (nSPS) is 19.2. The monoisotopic (exact) mass is 304 g/mol. The molecule has 116 valence electrons. The van der Waals surface area contributed by atoms with E-state index in [9.17, 15) is 4.79 Å². The Hall–Kier alpha value is -2.35. The number of allylic oxidation sites excluding steroid dienone is 2. The van der Waals surface area contributed by atoms with Crippen molar-refractivity contribution >= 4 is 11.5 Å². The summed E-state index contributed by atoms with van der Waals surface area (Å²) in [6.07, 6.45) is 5.19. The minimum absolute atomic E-state index is 0.143. The minimum atomic E-state index is -0.143. The Bertz CT molecular complexity index is 758. The molecule has 2 aromatic rings. The van der Waals surface area contributed by atoms with Crippen LogP contribution >= 0.6 is 0 Å². The van der Waals surface area contributed by atoms with Crippen LogP contribution in [-0.2, 0) is 4.79 Å². The summed E-state index contributed by atoms with van der Waals surface area (Å²) in [5, 5.41) is 0. The highest BCUT2D eigenvalue weighted by atomic mass is 16.5. The van der Waals surface area contributed by atoms with Crippen LogP contribution in [0.5, 0.6) is 5.75 Å². The zero-order chi connectivity index (χ0) is 15.6. The van der Waals surface area contributed by atoms with Crippen LogP contribution in [0.1, 0.15) is 49.1 Å². The number of rotatable bonds is 3. The van der Waals surface area contributed by atoms with Gasteiger partial charge in [0.15, 0.2) is 0 Å². The maximum Gasteiger partial charge on any atom is 0.312 e. The number of ether oxygens (including phenoxy) is 1. The molecule has 2 aliphatic carbocycles. The summed E-state index contributed by atoms with van der Waals surface area (Å²) in [5.74, 6) is 0.690. The third-order valence-electron chi connectivity index (χ3n) is 4.94. The molecule has 0 heterocycles. The number of hydrogen-bond donors (Lipinski definition) is 0. The van der Waals surface area contributed by atoms with E-state index in [-0.39, 0.29) is 11.9 Å². The smallest absolute Gasteiger partial charge is 0.312 e. The molecule has 0 aromatic heterocycles. The molecular formula is C21H20O2. The molecule has 0 aliphatic heterocycles. The maximum absolute atomic E-state index is 12.4. The van der Waals surface area contributed by atoms with Crippen LogP contribution in [0.25, 0.3) is 5.57 Å². The van der Waals surface area contributed by atoms with Gasteiger partial charge in [-0.2, -0.15) is 0 Å². The van der Waals surface area contributed by atoms with Gasteiger partial charge in [0.1, 0.15) is 5.75 Å².